The van der Waals surface area contributed by atoms with Gasteiger partial charge in [-0.25, -0.2) is 0 Å². The van der Waals surface area contributed by atoms with E-state index in [-0.39, 0.29) is 27.0 Å². The maximum atomic E-state index is 11.0. The molecule has 0 atom stereocenters. The van der Waals surface area contributed by atoms with Crippen LogP contribution in [0.3, 0.4) is 0 Å². The van der Waals surface area contributed by atoms with Crippen LogP contribution in [0, 0.1) is 20.2 Å². The van der Waals surface area contributed by atoms with Crippen molar-refractivity contribution in [2.45, 2.75) is 44.0 Å². The van der Waals surface area contributed by atoms with Crippen molar-refractivity contribution < 1.29 is 9.85 Å². The molecule has 116 valence electrons. The van der Waals surface area contributed by atoms with Gasteiger partial charge in [-0.3, -0.25) is 20.2 Å². The highest BCUT2D eigenvalue weighted by atomic mass is 32.2. The van der Waals surface area contributed by atoms with Gasteiger partial charge in [0.15, 0.2) is 4.21 Å². The third kappa shape index (κ3) is 4.35. The smallest absolute Gasteiger partial charge is 0.332 e. The van der Waals surface area contributed by atoms with Gasteiger partial charge in [0.1, 0.15) is 10.4 Å². The Hall–Kier alpha value is -1.26. The molecule has 0 N–H and O–H groups in total. The van der Waals surface area contributed by atoms with Crippen molar-refractivity contribution in [1.82, 2.24) is 4.90 Å². The van der Waals surface area contributed by atoms with Gasteiger partial charge in [-0.2, -0.15) is 0 Å². The number of hydrogen-bond acceptors (Lipinski definition) is 7. The van der Waals surface area contributed by atoms with Gasteiger partial charge >= 0.3 is 10.7 Å². The number of rotatable bonds is 5. The van der Waals surface area contributed by atoms with Crippen LogP contribution in [-0.2, 0) is 0 Å². The zero-order chi connectivity index (χ0) is 16.3. The molecule has 21 heavy (non-hydrogen) atoms. The van der Waals surface area contributed by atoms with E-state index in [1.165, 1.54) is 0 Å². The zero-order valence-electron chi connectivity index (χ0n) is 11.9. The molecule has 0 saturated heterocycles. The lowest BCUT2D eigenvalue weighted by atomic mass is 10.2. The van der Waals surface area contributed by atoms with Crippen molar-refractivity contribution in [3.8, 4) is 0 Å². The Kier molecular flexibility index (Phi) is 6.05. The van der Waals surface area contributed by atoms with Crippen molar-refractivity contribution in [2.75, 3.05) is 0 Å². The standard InChI is InChI=1S/C11H15N3O4S3/c1-6(2)12(7(3)4)11(19)21-10-8(13(15)16)5-9(20-10)14(17)18/h5-7H,1-4H3. The predicted octanol–water partition coefficient (Wildman–Crippen LogP) is 4.06. The third-order valence-electron chi connectivity index (χ3n) is 2.55. The van der Waals surface area contributed by atoms with Gasteiger partial charge in [0.2, 0.25) is 0 Å². The topological polar surface area (TPSA) is 89.5 Å². The number of thiocarbonyl (C=S) groups is 1. The lowest BCUT2D eigenvalue weighted by Crippen LogP contribution is -2.39. The highest BCUT2D eigenvalue weighted by Gasteiger charge is 2.28. The summed E-state index contributed by atoms with van der Waals surface area (Å²) in [6.45, 7) is 7.88. The number of thioether (sulfide) groups is 1. The summed E-state index contributed by atoms with van der Waals surface area (Å²) in [7, 11) is 0. The molecular formula is C11H15N3O4S3. The number of nitrogens with zero attached hydrogens (tertiary/aromatic N) is 3. The molecule has 0 bridgehead atoms. The van der Waals surface area contributed by atoms with E-state index < -0.39 is 9.85 Å². The lowest BCUT2D eigenvalue weighted by molar-refractivity contribution is -0.391. The van der Waals surface area contributed by atoms with Crippen LogP contribution >= 0.6 is 35.3 Å². The van der Waals surface area contributed by atoms with E-state index in [1.807, 2.05) is 32.6 Å². The largest absolute Gasteiger partial charge is 0.352 e. The summed E-state index contributed by atoms with van der Waals surface area (Å²) in [5, 5.41) is 21.5. The lowest BCUT2D eigenvalue weighted by Gasteiger charge is -2.32. The first-order chi connectivity index (χ1) is 9.65. The second-order valence-corrected chi connectivity index (χ2v) is 7.67. The van der Waals surface area contributed by atoms with Gasteiger partial charge in [-0.15, -0.1) is 0 Å². The Morgan fingerprint density at radius 3 is 2.14 bits per heavy atom. The highest BCUT2D eigenvalue weighted by molar-refractivity contribution is 8.24. The number of hydrogen-bond donors (Lipinski definition) is 0. The molecule has 0 radical (unpaired) electrons. The van der Waals surface area contributed by atoms with Crippen LogP contribution in [0.1, 0.15) is 27.7 Å². The Labute approximate surface area is 135 Å². The monoisotopic (exact) mass is 349 g/mol. The van der Waals surface area contributed by atoms with Crippen molar-refractivity contribution in [3.63, 3.8) is 0 Å². The Morgan fingerprint density at radius 2 is 1.76 bits per heavy atom. The molecule has 0 unspecified atom stereocenters. The minimum Gasteiger partial charge on any atom is -0.352 e. The molecule has 1 heterocycles. The van der Waals surface area contributed by atoms with E-state index in [0.29, 0.717) is 4.32 Å². The van der Waals surface area contributed by atoms with Crippen LogP contribution in [0.25, 0.3) is 0 Å². The maximum absolute atomic E-state index is 11.0. The zero-order valence-corrected chi connectivity index (χ0v) is 14.4. The van der Waals surface area contributed by atoms with E-state index in [4.69, 9.17) is 12.2 Å². The third-order valence-corrected chi connectivity index (χ3v) is 5.16. The van der Waals surface area contributed by atoms with Crippen LogP contribution < -0.4 is 0 Å². The second kappa shape index (κ2) is 7.14. The molecule has 0 spiro atoms. The number of nitro groups is 2. The van der Waals surface area contributed by atoms with Crippen molar-refractivity contribution >= 4 is 50.3 Å². The van der Waals surface area contributed by atoms with Crippen molar-refractivity contribution in [1.29, 1.82) is 0 Å². The van der Waals surface area contributed by atoms with Crippen LogP contribution in [0.5, 0.6) is 0 Å². The molecule has 0 aliphatic heterocycles. The van der Waals surface area contributed by atoms with E-state index in [9.17, 15) is 20.2 Å². The van der Waals surface area contributed by atoms with Gasteiger partial charge in [0, 0.05) is 12.1 Å². The molecule has 0 aliphatic rings. The number of thiophene rings is 1. The van der Waals surface area contributed by atoms with E-state index in [1.54, 1.807) is 0 Å². The van der Waals surface area contributed by atoms with Crippen molar-refractivity contribution in [2.24, 2.45) is 0 Å². The molecule has 0 fully saturated rings. The average molecular weight is 349 g/mol. The quantitative estimate of drug-likeness (QED) is 0.343. The fraction of sp³-hybridized carbons (Fsp3) is 0.545. The van der Waals surface area contributed by atoms with Crippen LogP contribution in [0.2, 0.25) is 0 Å². The Bertz CT molecular complexity index is 563. The fourth-order valence-electron chi connectivity index (χ4n) is 1.79. The molecule has 1 aromatic rings. The summed E-state index contributed by atoms with van der Waals surface area (Å²) in [5.74, 6) is 0. The first kappa shape index (κ1) is 17.8. The van der Waals surface area contributed by atoms with Crippen LogP contribution in [-0.4, -0.2) is 31.2 Å². The van der Waals surface area contributed by atoms with E-state index in [2.05, 4.69) is 0 Å². The Morgan fingerprint density at radius 1 is 1.24 bits per heavy atom. The van der Waals surface area contributed by atoms with Gasteiger partial charge in [0.25, 0.3) is 0 Å². The average Bonchev–Trinajstić information content (AvgIpc) is 2.71. The fourth-order valence-corrected chi connectivity index (χ4v) is 4.88. The van der Waals surface area contributed by atoms with E-state index >= 15 is 0 Å². The summed E-state index contributed by atoms with van der Waals surface area (Å²) in [4.78, 5) is 22.4. The predicted molar refractivity (Wildman–Crippen MR) is 88.2 cm³/mol. The second-order valence-electron chi connectivity index (χ2n) is 4.73. The van der Waals surface area contributed by atoms with Gasteiger partial charge < -0.3 is 4.90 Å². The molecule has 10 heteroatoms. The molecule has 0 aliphatic carbocycles. The van der Waals surface area contributed by atoms with Crippen LogP contribution in [0.15, 0.2) is 10.3 Å². The van der Waals surface area contributed by atoms with E-state index in [0.717, 1.165) is 29.2 Å². The summed E-state index contributed by atoms with van der Waals surface area (Å²) in [5.41, 5.74) is -0.272. The summed E-state index contributed by atoms with van der Waals surface area (Å²) in [6.07, 6.45) is 0. The molecule has 0 saturated carbocycles. The molecule has 1 rings (SSSR count). The molecule has 1 aromatic heterocycles. The minimum absolute atomic E-state index is 0.138. The highest BCUT2D eigenvalue weighted by Crippen LogP contribution is 2.42. The summed E-state index contributed by atoms with van der Waals surface area (Å²) < 4.78 is 0.711. The maximum Gasteiger partial charge on any atom is 0.332 e. The first-order valence-corrected chi connectivity index (χ1v) is 8.12. The molecule has 0 aromatic carbocycles. The summed E-state index contributed by atoms with van der Waals surface area (Å²) >= 11 is 7.14. The van der Waals surface area contributed by atoms with Gasteiger partial charge in [-0.1, -0.05) is 12.2 Å². The summed E-state index contributed by atoms with van der Waals surface area (Å²) in [6, 6.07) is 1.25. The molecule has 7 nitrogen and oxygen atoms in total. The SMILES string of the molecule is CC(C)N(C(=S)Sc1sc([N+](=O)[O-])cc1[N+](=O)[O-])C(C)C. The van der Waals surface area contributed by atoms with Gasteiger partial charge in [0.05, 0.1) is 9.85 Å². The normalized spacial score (nSPS) is 11.0. The van der Waals surface area contributed by atoms with Gasteiger partial charge in [-0.05, 0) is 50.8 Å². The Balaban J connectivity index is 3.09. The first-order valence-electron chi connectivity index (χ1n) is 6.07. The van der Waals surface area contributed by atoms with Crippen LogP contribution in [0.4, 0.5) is 10.7 Å². The minimum atomic E-state index is -0.632. The van der Waals surface area contributed by atoms with Crippen molar-refractivity contribution in [3.05, 3.63) is 26.3 Å². The molecular weight excluding hydrogens is 334 g/mol. The molecule has 0 amide bonds.